The van der Waals surface area contributed by atoms with Crippen LogP contribution >= 0.6 is 15.9 Å². The lowest BCUT2D eigenvalue weighted by atomic mass is 10.2. The molecular formula is C15H18BrFN2. The molecule has 0 atom stereocenters. The summed E-state index contributed by atoms with van der Waals surface area (Å²) in [7, 11) is 2.06. The van der Waals surface area contributed by atoms with Crippen LogP contribution < -0.4 is 5.32 Å². The smallest absolute Gasteiger partial charge is 0.137 e. The standard InChI is InChI=1S/C15H18BrFN2/c1-9-5-14(17)13(16)7-15(9)18-8-12-6-10(2)19(4)11(12)3/h5-7,18H,8H2,1-4H3. The van der Waals surface area contributed by atoms with Crippen LogP contribution in [0.1, 0.15) is 22.5 Å². The zero-order valence-corrected chi connectivity index (χ0v) is 13.2. The minimum Gasteiger partial charge on any atom is -0.381 e. The van der Waals surface area contributed by atoms with E-state index in [9.17, 15) is 4.39 Å². The minimum atomic E-state index is -0.227. The van der Waals surface area contributed by atoms with Crippen LogP contribution in [0.3, 0.4) is 0 Å². The van der Waals surface area contributed by atoms with Gasteiger partial charge in [0.05, 0.1) is 4.47 Å². The third-order valence-corrected chi connectivity index (χ3v) is 4.22. The molecule has 0 unspecified atom stereocenters. The fourth-order valence-corrected chi connectivity index (χ4v) is 2.48. The van der Waals surface area contributed by atoms with Crippen molar-refractivity contribution in [3.8, 4) is 0 Å². The Morgan fingerprint density at radius 3 is 2.47 bits per heavy atom. The number of hydrogen-bond acceptors (Lipinski definition) is 1. The second-order valence-electron chi connectivity index (χ2n) is 4.89. The number of halogens is 2. The first-order valence-electron chi connectivity index (χ1n) is 6.21. The van der Waals surface area contributed by atoms with Gasteiger partial charge in [-0.1, -0.05) is 0 Å². The van der Waals surface area contributed by atoms with Crippen molar-refractivity contribution < 1.29 is 4.39 Å². The molecule has 19 heavy (non-hydrogen) atoms. The summed E-state index contributed by atoms with van der Waals surface area (Å²) in [5.41, 5.74) is 5.62. The Kier molecular flexibility index (Phi) is 3.99. The number of aryl methyl sites for hydroxylation is 2. The van der Waals surface area contributed by atoms with Crippen LogP contribution in [-0.2, 0) is 13.6 Å². The number of nitrogens with zero attached hydrogens (tertiary/aromatic N) is 1. The van der Waals surface area contributed by atoms with Crippen molar-refractivity contribution in [1.82, 2.24) is 4.57 Å². The molecule has 0 spiro atoms. The molecule has 2 rings (SSSR count). The molecule has 1 N–H and O–H groups in total. The molecule has 2 aromatic rings. The third kappa shape index (κ3) is 2.84. The first-order valence-corrected chi connectivity index (χ1v) is 7.00. The maximum absolute atomic E-state index is 13.4. The zero-order valence-electron chi connectivity index (χ0n) is 11.6. The fraction of sp³-hybridized carbons (Fsp3) is 0.333. The van der Waals surface area contributed by atoms with Gasteiger partial charge in [-0.2, -0.15) is 0 Å². The van der Waals surface area contributed by atoms with Crippen LogP contribution in [-0.4, -0.2) is 4.57 Å². The van der Waals surface area contributed by atoms with E-state index in [2.05, 4.69) is 52.8 Å². The molecule has 1 aromatic carbocycles. The molecule has 0 saturated carbocycles. The molecule has 2 nitrogen and oxygen atoms in total. The van der Waals surface area contributed by atoms with E-state index in [1.165, 1.54) is 23.0 Å². The van der Waals surface area contributed by atoms with E-state index in [0.717, 1.165) is 17.8 Å². The fourth-order valence-electron chi connectivity index (χ4n) is 2.14. The lowest BCUT2D eigenvalue weighted by Crippen LogP contribution is -2.03. The van der Waals surface area contributed by atoms with Gasteiger partial charge in [0.15, 0.2) is 0 Å². The van der Waals surface area contributed by atoms with E-state index < -0.39 is 0 Å². The van der Waals surface area contributed by atoms with Crippen molar-refractivity contribution in [2.24, 2.45) is 7.05 Å². The van der Waals surface area contributed by atoms with E-state index in [1.807, 2.05) is 6.92 Å². The maximum Gasteiger partial charge on any atom is 0.137 e. The van der Waals surface area contributed by atoms with Gasteiger partial charge in [0.1, 0.15) is 5.82 Å². The van der Waals surface area contributed by atoms with Crippen molar-refractivity contribution in [3.63, 3.8) is 0 Å². The highest BCUT2D eigenvalue weighted by Crippen LogP contribution is 2.25. The van der Waals surface area contributed by atoms with Crippen molar-refractivity contribution >= 4 is 21.6 Å². The molecule has 0 amide bonds. The van der Waals surface area contributed by atoms with Gasteiger partial charge < -0.3 is 9.88 Å². The average Bonchev–Trinajstić information content (AvgIpc) is 2.60. The van der Waals surface area contributed by atoms with Crippen LogP contribution in [0.15, 0.2) is 22.7 Å². The van der Waals surface area contributed by atoms with Gasteiger partial charge in [0.25, 0.3) is 0 Å². The van der Waals surface area contributed by atoms with Crippen molar-refractivity contribution in [3.05, 3.63) is 51.0 Å². The molecule has 1 aromatic heterocycles. The Balaban J connectivity index is 2.19. The van der Waals surface area contributed by atoms with E-state index in [4.69, 9.17) is 0 Å². The minimum absolute atomic E-state index is 0.227. The molecule has 0 aliphatic heterocycles. The number of nitrogens with one attached hydrogen (secondary N) is 1. The summed E-state index contributed by atoms with van der Waals surface area (Å²) < 4.78 is 16.0. The highest BCUT2D eigenvalue weighted by atomic mass is 79.9. The van der Waals surface area contributed by atoms with Gasteiger partial charge in [-0.15, -0.1) is 0 Å². The first-order chi connectivity index (χ1) is 8.90. The van der Waals surface area contributed by atoms with Gasteiger partial charge in [-0.05, 0) is 66.0 Å². The second-order valence-corrected chi connectivity index (χ2v) is 5.74. The molecule has 0 fully saturated rings. The highest BCUT2D eigenvalue weighted by Gasteiger charge is 2.08. The van der Waals surface area contributed by atoms with Crippen molar-refractivity contribution in [1.29, 1.82) is 0 Å². The largest absolute Gasteiger partial charge is 0.381 e. The predicted octanol–water partition coefficient (Wildman–Crippen LogP) is 4.46. The van der Waals surface area contributed by atoms with Crippen LogP contribution in [0.5, 0.6) is 0 Å². The zero-order chi connectivity index (χ0) is 14.2. The first kappa shape index (κ1) is 14.1. The number of anilines is 1. The predicted molar refractivity (Wildman–Crippen MR) is 81.1 cm³/mol. The van der Waals surface area contributed by atoms with E-state index in [-0.39, 0.29) is 5.82 Å². The molecule has 0 aliphatic rings. The number of aromatic nitrogens is 1. The van der Waals surface area contributed by atoms with E-state index in [1.54, 1.807) is 6.07 Å². The number of hydrogen-bond donors (Lipinski definition) is 1. The lowest BCUT2D eigenvalue weighted by Gasteiger charge is -2.11. The Labute approximate surface area is 121 Å². The van der Waals surface area contributed by atoms with Crippen molar-refractivity contribution in [2.75, 3.05) is 5.32 Å². The van der Waals surface area contributed by atoms with Gasteiger partial charge in [0, 0.05) is 30.7 Å². The summed E-state index contributed by atoms with van der Waals surface area (Å²) in [4.78, 5) is 0. The molecule has 0 aliphatic carbocycles. The monoisotopic (exact) mass is 324 g/mol. The lowest BCUT2D eigenvalue weighted by molar-refractivity contribution is 0.620. The molecule has 0 saturated heterocycles. The molecule has 102 valence electrons. The SMILES string of the molecule is Cc1cc(F)c(Br)cc1NCc1cc(C)n(C)c1C. The van der Waals surface area contributed by atoms with Gasteiger partial charge in [0.2, 0.25) is 0 Å². The molecule has 0 radical (unpaired) electrons. The Morgan fingerprint density at radius 2 is 1.89 bits per heavy atom. The Hall–Kier alpha value is -1.29. The molecular weight excluding hydrogens is 307 g/mol. The van der Waals surface area contributed by atoms with E-state index >= 15 is 0 Å². The molecule has 1 heterocycles. The average molecular weight is 325 g/mol. The van der Waals surface area contributed by atoms with E-state index in [0.29, 0.717) is 4.47 Å². The number of rotatable bonds is 3. The van der Waals surface area contributed by atoms with Crippen LogP contribution in [0.4, 0.5) is 10.1 Å². The maximum atomic E-state index is 13.4. The van der Waals surface area contributed by atoms with Gasteiger partial charge in [-0.3, -0.25) is 0 Å². The summed E-state index contributed by atoms with van der Waals surface area (Å²) in [6.45, 7) is 6.85. The number of benzene rings is 1. The summed E-state index contributed by atoms with van der Waals surface area (Å²) in [6.07, 6.45) is 0. The summed E-state index contributed by atoms with van der Waals surface area (Å²) in [6, 6.07) is 5.50. The van der Waals surface area contributed by atoms with Crippen molar-refractivity contribution in [2.45, 2.75) is 27.3 Å². The molecule has 4 heteroatoms. The summed E-state index contributed by atoms with van der Waals surface area (Å²) in [5.74, 6) is -0.227. The topological polar surface area (TPSA) is 17.0 Å². The summed E-state index contributed by atoms with van der Waals surface area (Å²) >= 11 is 3.22. The second kappa shape index (κ2) is 5.37. The van der Waals surface area contributed by atoms with Gasteiger partial charge >= 0.3 is 0 Å². The third-order valence-electron chi connectivity index (χ3n) is 3.62. The normalized spacial score (nSPS) is 10.8. The van der Waals surface area contributed by atoms with Crippen LogP contribution in [0.2, 0.25) is 0 Å². The Morgan fingerprint density at radius 1 is 1.21 bits per heavy atom. The quantitative estimate of drug-likeness (QED) is 0.881. The Bertz CT molecular complexity index is 617. The van der Waals surface area contributed by atoms with Gasteiger partial charge in [-0.25, -0.2) is 4.39 Å². The van der Waals surface area contributed by atoms with Crippen LogP contribution in [0, 0.1) is 26.6 Å². The molecule has 0 bridgehead atoms. The highest BCUT2D eigenvalue weighted by molar-refractivity contribution is 9.10. The van der Waals surface area contributed by atoms with Crippen LogP contribution in [0.25, 0.3) is 0 Å². The summed E-state index contributed by atoms with van der Waals surface area (Å²) in [5, 5.41) is 3.37.